The Morgan fingerprint density at radius 3 is 2.67 bits per heavy atom. The lowest BCUT2D eigenvalue weighted by atomic mass is 10.4. The molecule has 24 heavy (non-hydrogen) atoms. The Morgan fingerprint density at radius 1 is 1.38 bits per heavy atom. The van der Waals surface area contributed by atoms with Crippen LogP contribution >= 0.6 is 11.3 Å². The summed E-state index contributed by atoms with van der Waals surface area (Å²) >= 11 is 1.71. The van der Waals surface area contributed by atoms with E-state index in [-0.39, 0.29) is 0 Å². The number of nitrogens with one attached hydrogen (secondary N) is 2. The maximum atomic E-state index is 11.5. The molecular formula is C15H29N5O2S2. The van der Waals surface area contributed by atoms with Crippen molar-refractivity contribution in [1.82, 2.24) is 19.9 Å². The van der Waals surface area contributed by atoms with Gasteiger partial charge in [-0.1, -0.05) is 6.92 Å². The van der Waals surface area contributed by atoms with Crippen LogP contribution in [0.25, 0.3) is 0 Å². The third kappa shape index (κ3) is 8.07. The summed E-state index contributed by atoms with van der Waals surface area (Å²) in [7, 11) is -3.12. The van der Waals surface area contributed by atoms with Gasteiger partial charge < -0.3 is 10.6 Å². The van der Waals surface area contributed by atoms with Crippen molar-refractivity contribution in [2.75, 3.05) is 39.0 Å². The SMILES string of the molecule is CCNC(=NCCCN(CC)S(C)(=O)=O)NCCc1ncc(C)s1. The lowest BCUT2D eigenvalue weighted by Crippen LogP contribution is -2.38. The van der Waals surface area contributed by atoms with E-state index in [0.29, 0.717) is 26.1 Å². The number of thiazole rings is 1. The number of nitrogens with zero attached hydrogens (tertiary/aromatic N) is 3. The number of rotatable bonds is 10. The summed E-state index contributed by atoms with van der Waals surface area (Å²) in [6.45, 7) is 9.04. The van der Waals surface area contributed by atoms with Crippen LogP contribution in [0, 0.1) is 6.92 Å². The highest BCUT2D eigenvalue weighted by Gasteiger charge is 2.13. The van der Waals surface area contributed by atoms with Crippen molar-refractivity contribution in [1.29, 1.82) is 0 Å². The van der Waals surface area contributed by atoms with Crippen LogP contribution < -0.4 is 10.6 Å². The average Bonchev–Trinajstić information content (AvgIpc) is 2.91. The molecule has 0 aliphatic rings. The standard InChI is InChI=1S/C15H29N5O2S2/c1-5-16-15(18-10-8-14-19-12-13(3)23-14)17-9-7-11-20(6-2)24(4,21)22/h12H,5-11H2,1-4H3,(H2,16,17,18). The van der Waals surface area contributed by atoms with Gasteiger partial charge in [0.15, 0.2) is 5.96 Å². The zero-order chi connectivity index (χ0) is 18.0. The molecule has 7 nitrogen and oxygen atoms in total. The molecule has 0 aliphatic carbocycles. The summed E-state index contributed by atoms with van der Waals surface area (Å²) in [5, 5.41) is 7.59. The molecule has 0 fully saturated rings. The van der Waals surface area contributed by atoms with E-state index in [1.54, 1.807) is 11.3 Å². The largest absolute Gasteiger partial charge is 0.357 e. The van der Waals surface area contributed by atoms with Crippen molar-refractivity contribution in [2.24, 2.45) is 4.99 Å². The maximum absolute atomic E-state index is 11.5. The Labute approximate surface area is 149 Å². The van der Waals surface area contributed by atoms with Crippen molar-refractivity contribution in [3.8, 4) is 0 Å². The molecule has 0 unspecified atom stereocenters. The highest BCUT2D eigenvalue weighted by Crippen LogP contribution is 2.10. The van der Waals surface area contributed by atoms with E-state index in [9.17, 15) is 8.42 Å². The lowest BCUT2D eigenvalue weighted by Gasteiger charge is -2.17. The molecule has 0 bridgehead atoms. The summed E-state index contributed by atoms with van der Waals surface area (Å²) in [5.74, 6) is 0.758. The first-order chi connectivity index (χ1) is 11.4. The minimum absolute atomic E-state index is 0.494. The lowest BCUT2D eigenvalue weighted by molar-refractivity contribution is 0.427. The molecule has 1 heterocycles. The van der Waals surface area contributed by atoms with Gasteiger partial charge in [-0.15, -0.1) is 11.3 Å². The zero-order valence-electron chi connectivity index (χ0n) is 15.0. The van der Waals surface area contributed by atoms with Gasteiger partial charge in [-0.3, -0.25) is 4.99 Å². The van der Waals surface area contributed by atoms with Crippen molar-refractivity contribution >= 4 is 27.3 Å². The fraction of sp³-hybridized carbons (Fsp3) is 0.733. The molecule has 0 atom stereocenters. The van der Waals surface area contributed by atoms with Crippen molar-refractivity contribution in [3.63, 3.8) is 0 Å². The Morgan fingerprint density at radius 2 is 2.12 bits per heavy atom. The summed E-state index contributed by atoms with van der Waals surface area (Å²) in [5.41, 5.74) is 0. The van der Waals surface area contributed by atoms with Gasteiger partial charge in [-0.2, -0.15) is 0 Å². The first-order valence-corrected chi connectivity index (χ1v) is 10.9. The zero-order valence-corrected chi connectivity index (χ0v) is 16.6. The maximum Gasteiger partial charge on any atom is 0.211 e. The highest BCUT2D eigenvalue weighted by atomic mass is 32.2. The normalized spacial score (nSPS) is 12.6. The number of aryl methyl sites for hydroxylation is 1. The van der Waals surface area contributed by atoms with Gasteiger partial charge in [0.05, 0.1) is 11.3 Å². The highest BCUT2D eigenvalue weighted by molar-refractivity contribution is 7.88. The fourth-order valence-corrected chi connectivity index (χ4v) is 3.86. The summed E-state index contributed by atoms with van der Waals surface area (Å²) < 4.78 is 24.5. The van der Waals surface area contributed by atoms with E-state index in [1.807, 2.05) is 20.0 Å². The average molecular weight is 376 g/mol. The molecule has 9 heteroatoms. The van der Waals surface area contributed by atoms with Crippen LogP contribution in [0.1, 0.15) is 30.2 Å². The van der Waals surface area contributed by atoms with Gasteiger partial charge in [0.25, 0.3) is 0 Å². The third-order valence-electron chi connectivity index (χ3n) is 3.30. The summed E-state index contributed by atoms with van der Waals surface area (Å²) in [4.78, 5) is 10.1. The predicted octanol–water partition coefficient (Wildman–Crippen LogP) is 1.22. The second kappa shape index (κ2) is 10.6. The molecule has 1 rings (SSSR count). The molecule has 0 aliphatic heterocycles. The Hall–Kier alpha value is -1.19. The minimum atomic E-state index is -3.12. The van der Waals surface area contributed by atoms with E-state index in [4.69, 9.17) is 0 Å². The molecule has 0 radical (unpaired) electrons. The number of aromatic nitrogens is 1. The van der Waals surface area contributed by atoms with Gasteiger partial charge in [-0.25, -0.2) is 17.7 Å². The molecule has 1 aromatic heterocycles. The Balaban J connectivity index is 2.38. The number of guanidine groups is 1. The molecule has 138 valence electrons. The van der Waals surface area contributed by atoms with Crippen LogP contribution in [0.4, 0.5) is 0 Å². The first kappa shape index (κ1) is 20.9. The molecule has 2 N–H and O–H groups in total. The van der Waals surface area contributed by atoms with Gasteiger partial charge >= 0.3 is 0 Å². The van der Waals surface area contributed by atoms with E-state index < -0.39 is 10.0 Å². The third-order valence-corrected chi connectivity index (χ3v) is 5.65. The minimum Gasteiger partial charge on any atom is -0.357 e. The van der Waals surface area contributed by atoms with Crippen molar-refractivity contribution in [3.05, 3.63) is 16.1 Å². The van der Waals surface area contributed by atoms with Crippen molar-refractivity contribution in [2.45, 2.75) is 33.6 Å². The molecule has 0 spiro atoms. The smallest absolute Gasteiger partial charge is 0.211 e. The van der Waals surface area contributed by atoms with Crippen LogP contribution in [0.15, 0.2) is 11.2 Å². The first-order valence-electron chi connectivity index (χ1n) is 8.25. The van der Waals surface area contributed by atoms with Gasteiger partial charge in [0, 0.05) is 50.2 Å². The van der Waals surface area contributed by atoms with Crippen LogP contribution in [0.5, 0.6) is 0 Å². The number of hydrogen-bond donors (Lipinski definition) is 2. The molecule has 0 saturated carbocycles. The van der Waals surface area contributed by atoms with Crippen LogP contribution in [-0.2, 0) is 16.4 Å². The summed E-state index contributed by atoms with van der Waals surface area (Å²) in [6, 6.07) is 0. The van der Waals surface area contributed by atoms with E-state index >= 15 is 0 Å². The Kier molecular flexibility index (Phi) is 9.24. The quantitative estimate of drug-likeness (QED) is 0.365. The van der Waals surface area contributed by atoms with Gasteiger partial charge in [0.1, 0.15) is 0 Å². The fourth-order valence-electron chi connectivity index (χ4n) is 2.14. The van der Waals surface area contributed by atoms with E-state index in [1.165, 1.54) is 15.4 Å². The second-order valence-electron chi connectivity index (χ2n) is 5.41. The van der Waals surface area contributed by atoms with E-state index in [0.717, 1.165) is 30.5 Å². The van der Waals surface area contributed by atoms with Crippen LogP contribution in [0.2, 0.25) is 0 Å². The molecular weight excluding hydrogens is 346 g/mol. The van der Waals surface area contributed by atoms with E-state index in [2.05, 4.69) is 27.5 Å². The molecule has 0 saturated heterocycles. The second-order valence-corrected chi connectivity index (χ2v) is 8.71. The Bertz CT molecular complexity index is 613. The van der Waals surface area contributed by atoms with Gasteiger partial charge in [-0.05, 0) is 20.3 Å². The van der Waals surface area contributed by atoms with Gasteiger partial charge in [0.2, 0.25) is 10.0 Å². The molecule has 0 amide bonds. The number of hydrogen-bond acceptors (Lipinski definition) is 5. The summed E-state index contributed by atoms with van der Waals surface area (Å²) in [6.07, 6.45) is 4.69. The topological polar surface area (TPSA) is 86.7 Å². The molecule has 1 aromatic rings. The van der Waals surface area contributed by atoms with Crippen molar-refractivity contribution < 1.29 is 8.42 Å². The molecule has 0 aromatic carbocycles. The van der Waals surface area contributed by atoms with Crippen LogP contribution in [-0.4, -0.2) is 62.6 Å². The monoisotopic (exact) mass is 375 g/mol. The number of sulfonamides is 1. The van der Waals surface area contributed by atoms with Crippen LogP contribution in [0.3, 0.4) is 0 Å². The predicted molar refractivity (Wildman–Crippen MR) is 101 cm³/mol. The number of aliphatic imine (C=N–C) groups is 1.